The largest absolute Gasteiger partial charge is 0.379 e. The minimum absolute atomic E-state index is 0.0142. The SMILES string of the molecule is Cc1ccc(NC(=O)/C(=C\c2ccc(OS(=O)(=O)c3ccc(C)cc3)cc2)NC(=O)c2ccccc2)cc1. The van der Waals surface area contributed by atoms with Crippen LogP contribution in [0.15, 0.2) is 114 Å². The molecule has 38 heavy (non-hydrogen) atoms. The summed E-state index contributed by atoms with van der Waals surface area (Å²) in [5.74, 6) is -0.845. The third kappa shape index (κ3) is 6.96. The smallest absolute Gasteiger partial charge is 0.339 e. The van der Waals surface area contributed by atoms with Gasteiger partial charge in [-0.1, -0.05) is 65.7 Å². The van der Waals surface area contributed by atoms with E-state index < -0.39 is 21.9 Å². The highest BCUT2D eigenvalue weighted by Crippen LogP contribution is 2.21. The molecule has 0 saturated heterocycles. The zero-order valence-corrected chi connectivity index (χ0v) is 21.7. The molecule has 0 atom stereocenters. The van der Waals surface area contributed by atoms with Crippen molar-refractivity contribution >= 4 is 33.7 Å². The molecule has 4 rings (SSSR count). The summed E-state index contributed by atoms with van der Waals surface area (Å²) in [7, 11) is -4.00. The van der Waals surface area contributed by atoms with E-state index in [1.54, 1.807) is 66.7 Å². The van der Waals surface area contributed by atoms with Crippen molar-refractivity contribution in [2.45, 2.75) is 18.7 Å². The van der Waals surface area contributed by atoms with Crippen LogP contribution in [0.5, 0.6) is 5.75 Å². The van der Waals surface area contributed by atoms with Gasteiger partial charge in [-0.3, -0.25) is 9.59 Å². The zero-order valence-electron chi connectivity index (χ0n) is 20.8. The fourth-order valence-corrected chi connectivity index (χ4v) is 4.37. The van der Waals surface area contributed by atoms with Gasteiger partial charge in [0.2, 0.25) is 0 Å². The van der Waals surface area contributed by atoms with Gasteiger partial charge in [0.15, 0.2) is 0 Å². The van der Waals surface area contributed by atoms with Crippen LogP contribution in [0.25, 0.3) is 6.08 Å². The van der Waals surface area contributed by atoms with Crippen LogP contribution in [0.2, 0.25) is 0 Å². The summed E-state index contributed by atoms with van der Waals surface area (Å²) in [6, 6.07) is 28.3. The summed E-state index contributed by atoms with van der Waals surface area (Å²) < 4.78 is 30.4. The van der Waals surface area contributed by atoms with Crippen LogP contribution in [0.3, 0.4) is 0 Å². The van der Waals surface area contributed by atoms with E-state index in [2.05, 4.69) is 10.6 Å². The predicted molar refractivity (Wildman–Crippen MR) is 147 cm³/mol. The molecule has 0 spiro atoms. The first-order valence-corrected chi connectivity index (χ1v) is 13.2. The molecule has 192 valence electrons. The minimum Gasteiger partial charge on any atom is -0.379 e. The maximum absolute atomic E-state index is 13.1. The van der Waals surface area contributed by atoms with E-state index in [1.165, 1.54) is 30.3 Å². The molecular weight excluding hydrogens is 500 g/mol. The first kappa shape index (κ1) is 26.4. The lowest BCUT2D eigenvalue weighted by molar-refractivity contribution is -0.113. The van der Waals surface area contributed by atoms with Crippen molar-refractivity contribution in [1.29, 1.82) is 0 Å². The minimum atomic E-state index is -4.00. The Hall–Kier alpha value is -4.69. The topological polar surface area (TPSA) is 102 Å². The highest BCUT2D eigenvalue weighted by Gasteiger charge is 2.17. The van der Waals surface area contributed by atoms with Crippen LogP contribution in [-0.2, 0) is 14.9 Å². The van der Waals surface area contributed by atoms with Crippen LogP contribution in [0.1, 0.15) is 27.0 Å². The molecule has 4 aromatic carbocycles. The lowest BCUT2D eigenvalue weighted by Crippen LogP contribution is -2.30. The van der Waals surface area contributed by atoms with E-state index in [0.29, 0.717) is 16.8 Å². The second kappa shape index (κ2) is 11.6. The molecule has 0 unspecified atom stereocenters. The third-order valence-electron chi connectivity index (χ3n) is 5.54. The van der Waals surface area contributed by atoms with Crippen LogP contribution >= 0.6 is 0 Å². The molecule has 0 fully saturated rings. The van der Waals surface area contributed by atoms with Gasteiger partial charge < -0.3 is 14.8 Å². The number of aryl methyl sites for hydroxylation is 2. The van der Waals surface area contributed by atoms with Gasteiger partial charge >= 0.3 is 10.1 Å². The lowest BCUT2D eigenvalue weighted by Gasteiger charge is -2.12. The maximum Gasteiger partial charge on any atom is 0.339 e. The van der Waals surface area contributed by atoms with E-state index in [-0.39, 0.29) is 16.3 Å². The Morgan fingerprint density at radius 1 is 0.737 bits per heavy atom. The Bertz CT molecular complexity index is 1560. The Balaban J connectivity index is 1.56. The number of amides is 2. The number of benzene rings is 4. The van der Waals surface area contributed by atoms with Crippen LogP contribution < -0.4 is 14.8 Å². The van der Waals surface area contributed by atoms with E-state index in [0.717, 1.165) is 11.1 Å². The van der Waals surface area contributed by atoms with E-state index in [9.17, 15) is 18.0 Å². The van der Waals surface area contributed by atoms with Gasteiger partial charge in [-0.25, -0.2) is 0 Å². The van der Waals surface area contributed by atoms with Gasteiger partial charge in [0.1, 0.15) is 16.3 Å². The van der Waals surface area contributed by atoms with Gasteiger partial charge in [-0.2, -0.15) is 8.42 Å². The van der Waals surface area contributed by atoms with E-state index in [4.69, 9.17) is 4.18 Å². The molecule has 0 aliphatic carbocycles. The van der Waals surface area contributed by atoms with Crippen molar-refractivity contribution in [3.63, 3.8) is 0 Å². The second-order valence-corrected chi connectivity index (χ2v) is 10.2. The first-order valence-electron chi connectivity index (χ1n) is 11.8. The number of hydrogen-bond donors (Lipinski definition) is 2. The lowest BCUT2D eigenvalue weighted by atomic mass is 10.1. The zero-order chi connectivity index (χ0) is 27.1. The van der Waals surface area contributed by atoms with Crippen molar-refractivity contribution in [2.75, 3.05) is 5.32 Å². The van der Waals surface area contributed by atoms with E-state index >= 15 is 0 Å². The maximum atomic E-state index is 13.1. The summed E-state index contributed by atoms with van der Waals surface area (Å²) in [5, 5.41) is 5.46. The van der Waals surface area contributed by atoms with Gasteiger partial charge in [0, 0.05) is 11.3 Å². The Morgan fingerprint density at radius 2 is 1.32 bits per heavy atom. The molecule has 0 aliphatic rings. The summed E-state index contributed by atoms with van der Waals surface area (Å²) in [6.45, 7) is 3.80. The molecule has 2 amide bonds. The number of carbonyl (C=O) groups excluding carboxylic acids is 2. The average molecular weight is 527 g/mol. The Morgan fingerprint density at radius 3 is 1.92 bits per heavy atom. The van der Waals surface area contributed by atoms with Crippen molar-refractivity contribution in [3.05, 3.63) is 131 Å². The van der Waals surface area contributed by atoms with Crippen molar-refractivity contribution in [1.82, 2.24) is 5.32 Å². The fraction of sp³-hybridized carbons (Fsp3) is 0.0667. The first-order chi connectivity index (χ1) is 18.2. The summed E-state index contributed by atoms with van der Waals surface area (Å²) in [5.41, 5.74) is 3.51. The molecule has 0 aromatic heterocycles. The molecule has 4 aromatic rings. The van der Waals surface area contributed by atoms with Crippen molar-refractivity contribution in [2.24, 2.45) is 0 Å². The number of carbonyl (C=O) groups is 2. The van der Waals surface area contributed by atoms with E-state index in [1.807, 2.05) is 26.0 Å². The van der Waals surface area contributed by atoms with Gasteiger partial charge in [0.25, 0.3) is 11.8 Å². The molecule has 0 saturated carbocycles. The predicted octanol–water partition coefficient (Wildman–Crippen LogP) is 5.48. The summed E-state index contributed by atoms with van der Waals surface area (Å²) in [4.78, 5) is 25.9. The molecule has 0 radical (unpaired) electrons. The van der Waals surface area contributed by atoms with Crippen LogP contribution in [0, 0.1) is 13.8 Å². The highest BCUT2D eigenvalue weighted by molar-refractivity contribution is 7.87. The number of nitrogens with one attached hydrogen (secondary N) is 2. The quantitative estimate of drug-likeness (QED) is 0.234. The normalized spacial score (nSPS) is 11.5. The Labute approximate surface area is 221 Å². The molecule has 0 bridgehead atoms. The second-order valence-electron chi connectivity index (χ2n) is 8.62. The third-order valence-corrected chi connectivity index (χ3v) is 6.81. The average Bonchev–Trinajstić information content (AvgIpc) is 2.91. The van der Waals surface area contributed by atoms with Gasteiger partial charge in [0.05, 0.1) is 0 Å². The standard InChI is InChI=1S/C30H26N2O5S/c1-21-8-14-25(15-9-21)31-30(34)28(32-29(33)24-6-4-3-5-7-24)20-23-12-16-26(17-13-23)37-38(35,36)27-18-10-22(2)11-19-27/h3-20H,1-2H3,(H,31,34)(H,32,33)/b28-20+. The van der Waals surface area contributed by atoms with Crippen molar-refractivity contribution in [3.8, 4) is 5.75 Å². The molecule has 2 N–H and O–H groups in total. The summed E-state index contributed by atoms with van der Waals surface area (Å²) in [6.07, 6.45) is 1.50. The highest BCUT2D eigenvalue weighted by atomic mass is 32.2. The van der Waals surface area contributed by atoms with Crippen LogP contribution in [0.4, 0.5) is 5.69 Å². The number of hydrogen-bond acceptors (Lipinski definition) is 5. The molecule has 8 heteroatoms. The van der Waals surface area contributed by atoms with Crippen LogP contribution in [-0.4, -0.2) is 20.2 Å². The van der Waals surface area contributed by atoms with Gasteiger partial charge in [-0.15, -0.1) is 0 Å². The fourth-order valence-electron chi connectivity index (χ4n) is 3.44. The van der Waals surface area contributed by atoms with Gasteiger partial charge in [-0.05, 0) is 74.0 Å². The van der Waals surface area contributed by atoms with Crippen molar-refractivity contribution < 1.29 is 22.2 Å². The Kier molecular flexibility index (Phi) is 8.03. The number of rotatable bonds is 8. The number of anilines is 1. The molecule has 0 aliphatic heterocycles. The molecule has 0 heterocycles. The monoisotopic (exact) mass is 526 g/mol. The molecule has 7 nitrogen and oxygen atoms in total. The summed E-state index contributed by atoms with van der Waals surface area (Å²) >= 11 is 0. The molecular formula is C30H26N2O5S.